The number of carbonyl (C=O) groups is 2. The lowest BCUT2D eigenvalue weighted by molar-refractivity contribution is -0.139. The molecule has 3 aromatic rings. The fourth-order valence-corrected chi connectivity index (χ4v) is 3.18. The molecule has 1 aromatic carbocycles. The van der Waals surface area contributed by atoms with Crippen LogP contribution in [0, 0.1) is 6.92 Å². The van der Waals surface area contributed by atoms with Crippen LogP contribution in [-0.2, 0) is 22.7 Å². The SMILES string of the molecule is Cc1cn(C[C@H](NC(=O)OCc2ccccc2)C(=O)O)c(=O)nc1NCCCNc1ccccn1. The van der Waals surface area contributed by atoms with Crippen molar-refractivity contribution in [3.8, 4) is 0 Å². The number of amides is 1. The van der Waals surface area contributed by atoms with Crippen LogP contribution in [0.2, 0.25) is 0 Å². The van der Waals surface area contributed by atoms with E-state index in [0.29, 0.717) is 24.5 Å². The summed E-state index contributed by atoms with van der Waals surface area (Å²) in [7, 11) is 0. The molecule has 0 saturated heterocycles. The first kappa shape index (κ1) is 25.2. The molecule has 0 aliphatic carbocycles. The Balaban J connectivity index is 1.51. The van der Waals surface area contributed by atoms with Gasteiger partial charge in [-0.2, -0.15) is 4.98 Å². The van der Waals surface area contributed by atoms with Gasteiger partial charge in [0.05, 0.1) is 6.54 Å². The van der Waals surface area contributed by atoms with Crippen LogP contribution in [0.15, 0.2) is 65.7 Å². The maximum Gasteiger partial charge on any atom is 0.408 e. The van der Waals surface area contributed by atoms with E-state index in [9.17, 15) is 19.5 Å². The van der Waals surface area contributed by atoms with Crippen molar-refractivity contribution < 1.29 is 19.4 Å². The molecule has 184 valence electrons. The molecule has 11 heteroatoms. The maximum atomic E-state index is 12.5. The molecule has 0 radical (unpaired) electrons. The van der Waals surface area contributed by atoms with Gasteiger partial charge >= 0.3 is 17.8 Å². The molecule has 0 aliphatic heterocycles. The Labute approximate surface area is 202 Å². The minimum atomic E-state index is -1.37. The summed E-state index contributed by atoms with van der Waals surface area (Å²) in [5.74, 6) is -0.0880. The van der Waals surface area contributed by atoms with Gasteiger partial charge in [-0.25, -0.2) is 19.4 Å². The zero-order chi connectivity index (χ0) is 25.0. The van der Waals surface area contributed by atoms with E-state index in [1.165, 1.54) is 6.20 Å². The number of carboxylic acids is 1. The molecule has 3 rings (SSSR count). The highest BCUT2D eigenvalue weighted by Crippen LogP contribution is 2.08. The Bertz CT molecular complexity index is 1170. The first-order valence-corrected chi connectivity index (χ1v) is 11.1. The second kappa shape index (κ2) is 12.7. The Hall–Kier alpha value is -4.41. The van der Waals surface area contributed by atoms with E-state index in [0.717, 1.165) is 22.4 Å². The summed E-state index contributed by atoms with van der Waals surface area (Å²) >= 11 is 0. The van der Waals surface area contributed by atoms with Gasteiger partial charge in [-0.05, 0) is 31.0 Å². The minimum absolute atomic E-state index is 0.00261. The van der Waals surface area contributed by atoms with E-state index in [1.54, 1.807) is 37.4 Å². The Kier molecular flexibility index (Phi) is 9.17. The number of carbonyl (C=O) groups excluding carboxylic acids is 1. The first-order valence-electron chi connectivity index (χ1n) is 11.1. The molecule has 0 saturated carbocycles. The predicted molar refractivity (Wildman–Crippen MR) is 130 cm³/mol. The van der Waals surface area contributed by atoms with Gasteiger partial charge in [-0.1, -0.05) is 36.4 Å². The number of ether oxygens (including phenoxy) is 1. The zero-order valence-corrected chi connectivity index (χ0v) is 19.3. The van der Waals surface area contributed by atoms with Gasteiger partial charge in [0, 0.05) is 31.0 Å². The number of hydrogen-bond acceptors (Lipinski definition) is 8. The quantitative estimate of drug-likeness (QED) is 0.286. The summed E-state index contributed by atoms with van der Waals surface area (Å²) in [5.41, 5.74) is 0.801. The molecule has 2 heterocycles. The van der Waals surface area contributed by atoms with Gasteiger partial charge in [-0.15, -0.1) is 0 Å². The molecule has 2 aromatic heterocycles. The number of nitrogens with one attached hydrogen (secondary N) is 3. The van der Waals surface area contributed by atoms with E-state index in [2.05, 4.69) is 25.9 Å². The number of benzene rings is 1. The Morgan fingerprint density at radius 3 is 2.54 bits per heavy atom. The van der Waals surface area contributed by atoms with E-state index >= 15 is 0 Å². The number of carboxylic acid groups (broad SMARTS) is 1. The van der Waals surface area contributed by atoms with Crippen LogP contribution in [-0.4, -0.2) is 50.8 Å². The van der Waals surface area contributed by atoms with Crippen molar-refractivity contribution in [3.63, 3.8) is 0 Å². The number of anilines is 2. The number of nitrogens with zero attached hydrogens (tertiary/aromatic N) is 3. The van der Waals surface area contributed by atoms with E-state index in [-0.39, 0.29) is 13.2 Å². The lowest BCUT2D eigenvalue weighted by Gasteiger charge is -2.17. The fraction of sp³-hybridized carbons (Fsp3) is 0.292. The molecule has 0 aliphatic rings. The second-order valence-electron chi connectivity index (χ2n) is 7.73. The number of rotatable bonds is 12. The summed E-state index contributed by atoms with van der Waals surface area (Å²) in [4.78, 5) is 44.4. The highest BCUT2D eigenvalue weighted by atomic mass is 16.5. The Morgan fingerprint density at radius 1 is 1.09 bits per heavy atom. The minimum Gasteiger partial charge on any atom is -0.480 e. The zero-order valence-electron chi connectivity index (χ0n) is 19.3. The molecular formula is C24H28N6O5. The lowest BCUT2D eigenvalue weighted by atomic mass is 10.2. The van der Waals surface area contributed by atoms with Crippen molar-refractivity contribution in [3.05, 3.63) is 82.5 Å². The highest BCUT2D eigenvalue weighted by molar-refractivity contribution is 5.79. The van der Waals surface area contributed by atoms with Crippen LogP contribution >= 0.6 is 0 Å². The van der Waals surface area contributed by atoms with Crippen molar-refractivity contribution in [1.82, 2.24) is 19.9 Å². The van der Waals surface area contributed by atoms with Crippen LogP contribution in [0.5, 0.6) is 0 Å². The van der Waals surface area contributed by atoms with Crippen LogP contribution in [0.1, 0.15) is 17.5 Å². The third kappa shape index (κ3) is 8.14. The lowest BCUT2D eigenvalue weighted by Crippen LogP contribution is -2.45. The number of aliphatic carboxylic acids is 1. The van der Waals surface area contributed by atoms with Gasteiger partial charge in [0.15, 0.2) is 0 Å². The van der Waals surface area contributed by atoms with Crippen LogP contribution in [0.4, 0.5) is 16.4 Å². The smallest absolute Gasteiger partial charge is 0.408 e. The second-order valence-corrected chi connectivity index (χ2v) is 7.73. The Morgan fingerprint density at radius 2 is 1.83 bits per heavy atom. The fourth-order valence-electron chi connectivity index (χ4n) is 3.18. The van der Waals surface area contributed by atoms with Crippen molar-refractivity contribution >= 4 is 23.7 Å². The molecule has 1 atom stereocenters. The third-order valence-electron chi connectivity index (χ3n) is 4.98. The molecule has 0 unspecified atom stereocenters. The standard InChI is InChI=1S/C24H28N6O5/c1-17-14-30(15-19(22(31)32)28-24(34)35-16-18-8-3-2-4-9-18)23(33)29-21(17)27-13-7-12-26-20-10-5-6-11-25-20/h2-6,8-11,14,19H,7,12-13,15-16H2,1H3,(H,25,26)(H,28,34)(H,31,32)(H,27,29,33)/t19-/m0/s1. The molecule has 1 amide bonds. The molecule has 0 spiro atoms. The predicted octanol–water partition coefficient (Wildman–Crippen LogP) is 2.24. The van der Waals surface area contributed by atoms with E-state index in [4.69, 9.17) is 4.74 Å². The van der Waals surface area contributed by atoms with Gasteiger partial charge < -0.3 is 25.8 Å². The van der Waals surface area contributed by atoms with Crippen LogP contribution in [0.25, 0.3) is 0 Å². The van der Waals surface area contributed by atoms with Crippen molar-refractivity contribution in [2.45, 2.75) is 32.5 Å². The molecule has 35 heavy (non-hydrogen) atoms. The molecule has 11 nitrogen and oxygen atoms in total. The monoisotopic (exact) mass is 480 g/mol. The van der Waals surface area contributed by atoms with Gasteiger partial charge in [-0.3, -0.25) is 4.57 Å². The summed E-state index contributed by atoms with van der Waals surface area (Å²) in [6.07, 6.45) is 3.09. The maximum absolute atomic E-state index is 12.5. The molecule has 0 bridgehead atoms. The summed E-state index contributed by atoms with van der Waals surface area (Å²) in [6, 6.07) is 13.2. The molecular weight excluding hydrogens is 452 g/mol. The molecule has 4 N–H and O–H groups in total. The molecule has 0 fully saturated rings. The number of aryl methyl sites for hydroxylation is 1. The third-order valence-corrected chi connectivity index (χ3v) is 4.98. The largest absolute Gasteiger partial charge is 0.480 e. The van der Waals surface area contributed by atoms with Crippen LogP contribution in [0.3, 0.4) is 0 Å². The van der Waals surface area contributed by atoms with Crippen molar-refractivity contribution in [2.24, 2.45) is 0 Å². The number of alkyl carbamates (subject to hydrolysis) is 1. The topological polar surface area (TPSA) is 147 Å². The van der Waals surface area contributed by atoms with E-state index < -0.39 is 23.8 Å². The van der Waals surface area contributed by atoms with Gasteiger partial charge in [0.2, 0.25) is 0 Å². The highest BCUT2D eigenvalue weighted by Gasteiger charge is 2.22. The number of aromatic nitrogens is 3. The summed E-state index contributed by atoms with van der Waals surface area (Å²) in [5, 5.41) is 18.1. The van der Waals surface area contributed by atoms with E-state index in [1.807, 2.05) is 24.3 Å². The summed E-state index contributed by atoms with van der Waals surface area (Å²) < 4.78 is 6.23. The average Bonchev–Trinajstić information content (AvgIpc) is 2.86. The normalized spacial score (nSPS) is 11.3. The van der Waals surface area contributed by atoms with Crippen LogP contribution < -0.4 is 21.6 Å². The average molecular weight is 481 g/mol. The number of pyridine rings is 1. The van der Waals surface area contributed by atoms with Gasteiger partial charge in [0.1, 0.15) is 24.3 Å². The van der Waals surface area contributed by atoms with Crippen molar-refractivity contribution in [2.75, 3.05) is 23.7 Å². The summed E-state index contributed by atoms with van der Waals surface area (Å²) in [6.45, 7) is 2.72. The van der Waals surface area contributed by atoms with Gasteiger partial charge in [0.25, 0.3) is 0 Å². The first-order chi connectivity index (χ1) is 16.9. The number of hydrogen-bond donors (Lipinski definition) is 4. The van der Waals surface area contributed by atoms with Crippen molar-refractivity contribution in [1.29, 1.82) is 0 Å².